The number of imidazole rings is 1. The lowest BCUT2D eigenvalue weighted by Gasteiger charge is -2.09. The van der Waals surface area contributed by atoms with Crippen LogP contribution in [-0.4, -0.2) is 31.3 Å². The summed E-state index contributed by atoms with van der Waals surface area (Å²) < 4.78 is 9.85. The van der Waals surface area contributed by atoms with Gasteiger partial charge in [-0.25, -0.2) is 14.6 Å². The van der Waals surface area contributed by atoms with Gasteiger partial charge < -0.3 is 9.30 Å². The van der Waals surface area contributed by atoms with Gasteiger partial charge >= 0.3 is 11.7 Å². The number of carbonyl (C=O) groups is 1. The maximum absolute atomic E-state index is 12.8. The smallest absolute Gasteiger partial charge is 0.332 e. The molecule has 3 rings (SSSR count). The number of hydrogen-bond donors (Lipinski definition) is 0. The van der Waals surface area contributed by atoms with Crippen LogP contribution in [-0.2, 0) is 30.2 Å². The van der Waals surface area contributed by atoms with E-state index in [0.29, 0.717) is 12.4 Å². The molecule has 0 aliphatic rings. The van der Waals surface area contributed by atoms with Gasteiger partial charge in [-0.05, 0) is 30.7 Å². The third-order valence-corrected chi connectivity index (χ3v) is 4.76. The third-order valence-electron chi connectivity index (χ3n) is 4.26. The van der Waals surface area contributed by atoms with Crippen molar-refractivity contribution in [3.63, 3.8) is 0 Å². The van der Waals surface area contributed by atoms with Crippen LogP contribution < -0.4 is 11.2 Å². The first kappa shape index (κ1) is 19.8. The van der Waals surface area contributed by atoms with Crippen LogP contribution in [0.15, 0.2) is 44.4 Å². The van der Waals surface area contributed by atoms with Crippen molar-refractivity contribution in [2.75, 3.05) is 6.61 Å². The predicted molar refractivity (Wildman–Crippen MR) is 109 cm³/mol. The Morgan fingerprint density at radius 3 is 2.68 bits per heavy atom. The summed E-state index contributed by atoms with van der Waals surface area (Å²) in [5.41, 5.74) is 0.553. The summed E-state index contributed by atoms with van der Waals surface area (Å²) in [6.45, 7) is 2.31. The fourth-order valence-corrected chi connectivity index (χ4v) is 3.35. The van der Waals surface area contributed by atoms with Crippen molar-refractivity contribution in [2.24, 2.45) is 14.1 Å². The van der Waals surface area contributed by atoms with Gasteiger partial charge in [0, 0.05) is 31.2 Å². The summed E-state index contributed by atoms with van der Waals surface area (Å²) in [4.78, 5) is 41.2. The molecule has 0 N–H and O–H groups in total. The van der Waals surface area contributed by atoms with Crippen molar-refractivity contribution in [1.29, 1.82) is 0 Å². The number of rotatable bonds is 5. The quantitative estimate of drug-likeness (QED) is 0.440. The number of esters is 1. The normalized spacial score (nSPS) is 11.4. The van der Waals surface area contributed by atoms with E-state index in [1.807, 2.05) is 24.3 Å². The van der Waals surface area contributed by atoms with Crippen molar-refractivity contribution in [2.45, 2.75) is 13.5 Å². The van der Waals surface area contributed by atoms with Gasteiger partial charge in [-0.3, -0.25) is 13.9 Å². The molecular weight excluding hydrogens is 428 g/mol. The highest BCUT2D eigenvalue weighted by atomic mass is 79.9. The lowest BCUT2D eigenvalue weighted by molar-refractivity contribution is -0.137. The predicted octanol–water partition coefficient (Wildman–Crippen LogP) is 1.82. The average Bonchev–Trinajstić information content (AvgIpc) is 3.02. The minimum Gasteiger partial charge on any atom is -0.463 e. The van der Waals surface area contributed by atoms with E-state index in [0.717, 1.165) is 14.6 Å². The van der Waals surface area contributed by atoms with Crippen molar-refractivity contribution in [3.8, 4) is 0 Å². The molecule has 0 amide bonds. The molecular formula is C19H19BrN4O4. The summed E-state index contributed by atoms with van der Waals surface area (Å²) in [7, 11) is 2.98. The molecule has 0 saturated heterocycles. The molecule has 0 saturated carbocycles. The number of carbonyl (C=O) groups excluding carboxylic acids is 1. The number of ether oxygens (including phenoxy) is 1. The zero-order valence-electron chi connectivity index (χ0n) is 15.7. The van der Waals surface area contributed by atoms with E-state index >= 15 is 0 Å². The van der Waals surface area contributed by atoms with Crippen LogP contribution in [0.25, 0.3) is 17.2 Å². The highest BCUT2D eigenvalue weighted by Crippen LogP contribution is 2.18. The van der Waals surface area contributed by atoms with E-state index in [4.69, 9.17) is 4.74 Å². The summed E-state index contributed by atoms with van der Waals surface area (Å²) in [6.07, 6.45) is 2.74. The number of benzene rings is 1. The van der Waals surface area contributed by atoms with E-state index in [-0.39, 0.29) is 17.8 Å². The Labute approximate surface area is 168 Å². The summed E-state index contributed by atoms with van der Waals surface area (Å²) >= 11 is 3.44. The Morgan fingerprint density at radius 1 is 1.25 bits per heavy atom. The van der Waals surface area contributed by atoms with Crippen LogP contribution >= 0.6 is 15.9 Å². The molecule has 28 heavy (non-hydrogen) atoms. The van der Waals surface area contributed by atoms with E-state index in [1.165, 1.54) is 23.8 Å². The fraction of sp³-hybridized carbons (Fsp3) is 0.263. The van der Waals surface area contributed by atoms with Gasteiger partial charge in [-0.1, -0.05) is 28.1 Å². The zero-order valence-corrected chi connectivity index (χ0v) is 17.3. The Hall–Kier alpha value is -2.94. The van der Waals surface area contributed by atoms with Gasteiger partial charge in [-0.15, -0.1) is 0 Å². The number of aryl methyl sites for hydroxylation is 1. The van der Waals surface area contributed by atoms with Gasteiger partial charge in [0.25, 0.3) is 5.56 Å². The first-order valence-electron chi connectivity index (χ1n) is 8.59. The Balaban J connectivity index is 2.24. The molecule has 0 unspecified atom stereocenters. The van der Waals surface area contributed by atoms with Crippen molar-refractivity contribution < 1.29 is 9.53 Å². The van der Waals surface area contributed by atoms with Gasteiger partial charge in [0.05, 0.1) is 6.61 Å². The number of aromatic nitrogens is 4. The monoisotopic (exact) mass is 446 g/mol. The topological polar surface area (TPSA) is 88.1 Å². The molecule has 146 valence electrons. The summed E-state index contributed by atoms with van der Waals surface area (Å²) in [5, 5.41) is 0. The van der Waals surface area contributed by atoms with Crippen LogP contribution in [0, 0.1) is 0 Å². The second-order valence-corrected chi connectivity index (χ2v) is 7.07. The van der Waals surface area contributed by atoms with Crippen molar-refractivity contribution in [1.82, 2.24) is 18.7 Å². The minimum absolute atomic E-state index is 0.256. The van der Waals surface area contributed by atoms with E-state index in [1.54, 1.807) is 18.5 Å². The van der Waals surface area contributed by atoms with Crippen LogP contribution in [0.3, 0.4) is 0 Å². The third kappa shape index (κ3) is 3.70. The second kappa shape index (κ2) is 7.97. The lowest BCUT2D eigenvalue weighted by Crippen LogP contribution is -2.37. The molecule has 0 aliphatic heterocycles. The van der Waals surface area contributed by atoms with Gasteiger partial charge in [0.15, 0.2) is 11.2 Å². The second-order valence-electron chi connectivity index (χ2n) is 6.15. The summed E-state index contributed by atoms with van der Waals surface area (Å²) in [5.74, 6) is -0.133. The molecule has 0 radical (unpaired) electrons. The first-order chi connectivity index (χ1) is 13.3. The molecule has 2 heterocycles. The molecule has 0 bridgehead atoms. The number of nitrogens with zero attached hydrogens (tertiary/aromatic N) is 4. The standard InChI is InChI=1S/C19H19BrN4O4/c1-4-28-15(25)9-8-14-21-17-16(18(26)23(3)19(27)22(17)2)24(14)11-12-6-5-7-13(20)10-12/h5-10H,4,11H2,1-3H3/b9-8+. The van der Waals surface area contributed by atoms with Crippen LogP contribution in [0.4, 0.5) is 0 Å². The largest absolute Gasteiger partial charge is 0.463 e. The zero-order chi connectivity index (χ0) is 20.4. The number of fused-ring (bicyclic) bond motifs is 1. The van der Waals surface area contributed by atoms with Gasteiger partial charge in [0.2, 0.25) is 0 Å². The van der Waals surface area contributed by atoms with Gasteiger partial charge in [-0.2, -0.15) is 0 Å². The summed E-state index contributed by atoms with van der Waals surface area (Å²) in [6, 6.07) is 7.64. The van der Waals surface area contributed by atoms with Crippen molar-refractivity contribution >= 4 is 39.1 Å². The van der Waals surface area contributed by atoms with Crippen LogP contribution in [0.2, 0.25) is 0 Å². The molecule has 8 nitrogen and oxygen atoms in total. The molecule has 0 aliphatic carbocycles. The van der Waals surface area contributed by atoms with Crippen LogP contribution in [0.5, 0.6) is 0 Å². The number of hydrogen-bond acceptors (Lipinski definition) is 5. The SMILES string of the molecule is CCOC(=O)/C=C/c1nc2c(c(=O)n(C)c(=O)n2C)n1Cc1cccc(Br)c1. The molecule has 0 spiro atoms. The molecule has 1 aromatic carbocycles. The molecule has 0 fully saturated rings. The maximum atomic E-state index is 12.8. The molecule has 3 aromatic rings. The highest BCUT2D eigenvalue weighted by molar-refractivity contribution is 9.10. The Bertz CT molecular complexity index is 1200. The first-order valence-corrected chi connectivity index (χ1v) is 9.38. The molecule has 9 heteroatoms. The van der Waals surface area contributed by atoms with E-state index in [2.05, 4.69) is 20.9 Å². The van der Waals surface area contributed by atoms with E-state index < -0.39 is 17.2 Å². The number of halogens is 1. The van der Waals surface area contributed by atoms with Crippen LogP contribution in [0.1, 0.15) is 18.3 Å². The van der Waals surface area contributed by atoms with E-state index in [9.17, 15) is 14.4 Å². The fourth-order valence-electron chi connectivity index (χ4n) is 2.90. The highest BCUT2D eigenvalue weighted by Gasteiger charge is 2.18. The Kier molecular flexibility index (Phi) is 5.64. The average molecular weight is 447 g/mol. The maximum Gasteiger partial charge on any atom is 0.332 e. The van der Waals surface area contributed by atoms with Gasteiger partial charge in [0.1, 0.15) is 5.82 Å². The Morgan fingerprint density at radius 2 is 2.00 bits per heavy atom. The molecule has 2 aromatic heterocycles. The van der Waals surface area contributed by atoms with Crippen molar-refractivity contribution in [3.05, 3.63) is 67.0 Å². The lowest BCUT2D eigenvalue weighted by atomic mass is 10.2. The minimum atomic E-state index is -0.509. The molecule has 0 atom stereocenters.